The molecule has 2 rings (SSSR count). The second-order valence-electron chi connectivity index (χ2n) is 5.02. The molecule has 1 aromatic heterocycles. The second kappa shape index (κ2) is 7.05. The molecule has 1 aromatic carbocycles. The van der Waals surface area contributed by atoms with Crippen LogP contribution in [0.3, 0.4) is 0 Å². The van der Waals surface area contributed by atoms with Crippen LogP contribution < -0.4 is 0 Å². The van der Waals surface area contributed by atoms with Gasteiger partial charge < -0.3 is 5.11 Å². The molecule has 1 heterocycles. The molecule has 1 atom stereocenters. The summed E-state index contributed by atoms with van der Waals surface area (Å²) in [5.41, 5.74) is 2.54. The van der Waals surface area contributed by atoms with Gasteiger partial charge in [-0.05, 0) is 37.5 Å². The molecule has 0 aliphatic carbocycles. The van der Waals surface area contributed by atoms with Crippen molar-refractivity contribution in [3.05, 3.63) is 52.1 Å². The number of hydrogen-bond acceptors (Lipinski definition) is 2. The first-order valence-electron chi connectivity index (χ1n) is 7.21. The smallest absolute Gasteiger partial charge is 0.123 e. The standard InChI is InChI=1S/C16H20ClFN2O/c1-3-14-16(17)15(20(4-2)19-14)9-12(10-21)11-6-5-7-13(18)8-11/h5-8,12,21H,3-4,9-10H2,1-2H3. The molecule has 0 saturated heterocycles. The summed E-state index contributed by atoms with van der Waals surface area (Å²) >= 11 is 6.39. The summed E-state index contributed by atoms with van der Waals surface area (Å²) in [6.07, 6.45) is 1.31. The van der Waals surface area contributed by atoms with Gasteiger partial charge in [0, 0.05) is 12.5 Å². The van der Waals surface area contributed by atoms with Gasteiger partial charge in [-0.1, -0.05) is 30.7 Å². The van der Waals surface area contributed by atoms with Crippen LogP contribution in [0.2, 0.25) is 5.02 Å². The lowest BCUT2D eigenvalue weighted by Crippen LogP contribution is -2.12. The first-order chi connectivity index (χ1) is 10.1. The lowest BCUT2D eigenvalue weighted by molar-refractivity contribution is 0.262. The lowest BCUT2D eigenvalue weighted by atomic mass is 9.94. The predicted molar refractivity (Wildman–Crippen MR) is 82.2 cm³/mol. The van der Waals surface area contributed by atoms with Crippen molar-refractivity contribution >= 4 is 11.6 Å². The molecule has 1 N–H and O–H groups in total. The van der Waals surface area contributed by atoms with Crippen LogP contribution in [0.4, 0.5) is 4.39 Å². The lowest BCUT2D eigenvalue weighted by Gasteiger charge is -2.16. The van der Waals surface area contributed by atoms with E-state index < -0.39 is 0 Å². The van der Waals surface area contributed by atoms with Gasteiger partial charge >= 0.3 is 0 Å². The minimum absolute atomic E-state index is 0.0594. The van der Waals surface area contributed by atoms with Crippen molar-refractivity contribution < 1.29 is 9.50 Å². The van der Waals surface area contributed by atoms with E-state index in [1.807, 2.05) is 24.6 Å². The number of hydrogen-bond donors (Lipinski definition) is 1. The van der Waals surface area contributed by atoms with Crippen molar-refractivity contribution in [3.8, 4) is 0 Å². The Kier molecular flexibility index (Phi) is 5.37. The van der Waals surface area contributed by atoms with E-state index in [1.54, 1.807) is 6.07 Å². The van der Waals surface area contributed by atoms with E-state index in [2.05, 4.69) is 5.10 Å². The number of benzene rings is 1. The number of aliphatic hydroxyl groups excluding tert-OH is 1. The SMILES string of the molecule is CCc1nn(CC)c(CC(CO)c2cccc(F)c2)c1Cl. The minimum atomic E-state index is -0.296. The summed E-state index contributed by atoms with van der Waals surface area (Å²) in [5.74, 6) is -0.486. The zero-order chi connectivity index (χ0) is 15.4. The molecular formula is C16H20ClFN2O. The van der Waals surface area contributed by atoms with Gasteiger partial charge in [0.05, 0.1) is 23.0 Å². The molecule has 1 unspecified atom stereocenters. The highest BCUT2D eigenvalue weighted by Crippen LogP contribution is 2.28. The summed E-state index contributed by atoms with van der Waals surface area (Å²) < 4.78 is 15.2. The average molecular weight is 311 g/mol. The Labute approximate surface area is 129 Å². The van der Waals surface area contributed by atoms with Crippen molar-refractivity contribution in [1.29, 1.82) is 0 Å². The number of aromatic nitrogens is 2. The summed E-state index contributed by atoms with van der Waals surface area (Å²) in [5, 5.41) is 14.8. The van der Waals surface area contributed by atoms with Crippen LogP contribution in [-0.4, -0.2) is 21.5 Å². The normalized spacial score (nSPS) is 12.6. The van der Waals surface area contributed by atoms with Crippen LogP contribution >= 0.6 is 11.6 Å². The van der Waals surface area contributed by atoms with Crippen molar-refractivity contribution in [2.45, 2.75) is 39.2 Å². The third kappa shape index (κ3) is 3.44. The molecule has 0 bridgehead atoms. The van der Waals surface area contributed by atoms with Gasteiger partial charge in [0.1, 0.15) is 5.82 Å². The highest BCUT2D eigenvalue weighted by atomic mass is 35.5. The fourth-order valence-electron chi connectivity index (χ4n) is 2.49. The topological polar surface area (TPSA) is 38.0 Å². The molecule has 0 fully saturated rings. The van der Waals surface area contributed by atoms with Gasteiger partial charge in [-0.3, -0.25) is 4.68 Å². The molecule has 2 aromatic rings. The Morgan fingerprint density at radius 3 is 2.71 bits per heavy atom. The highest BCUT2D eigenvalue weighted by Gasteiger charge is 2.20. The van der Waals surface area contributed by atoms with Gasteiger partial charge in [-0.2, -0.15) is 5.10 Å². The molecule has 5 heteroatoms. The van der Waals surface area contributed by atoms with Crippen LogP contribution in [0.5, 0.6) is 0 Å². The van der Waals surface area contributed by atoms with Gasteiger partial charge in [-0.15, -0.1) is 0 Å². The molecule has 114 valence electrons. The van der Waals surface area contributed by atoms with E-state index in [1.165, 1.54) is 12.1 Å². The van der Waals surface area contributed by atoms with E-state index in [0.29, 0.717) is 11.4 Å². The Balaban J connectivity index is 2.32. The second-order valence-corrected chi connectivity index (χ2v) is 5.39. The summed E-state index contributed by atoms with van der Waals surface area (Å²) in [4.78, 5) is 0. The molecule has 0 spiro atoms. The fourth-order valence-corrected chi connectivity index (χ4v) is 2.84. The zero-order valence-corrected chi connectivity index (χ0v) is 13.1. The van der Waals surface area contributed by atoms with Crippen LogP contribution in [-0.2, 0) is 19.4 Å². The number of aliphatic hydroxyl groups is 1. The predicted octanol–water partition coefficient (Wildman–Crippen LogP) is 3.58. The maximum Gasteiger partial charge on any atom is 0.123 e. The van der Waals surface area contributed by atoms with Crippen LogP contribution in [0, 0.1) is 5.82 Å². The minimum Gasteiger partial charge on any atom is -0.396 e. The summed E-state index contributed by atoms with van der Waals surface area (Å²) in [6, 6.07) is 6.34. The van der Waals surface area contributed by atoms with Crippen LogP contribution in [0.15, 0.2) is 24.3 Å². The van der Waals surface area contributed by atoms with E-state index in [0.717, 1.165) is 29.9 Å². The van der Waals surface area contributed by atoms with Crippen molar-refractivity contribution in [2.75, 3.05) is 6.61 Å². The Morgan fingerprint density at radius 1 is 1.38 bits per heavy atom. The molecule has 0 radical (unpaired) electrons. The Morgan fingerprint density at radius 2 is 2.14 bits per heavy atom. The quantitative estimate of drug-likeness (QED) is 0.885. The number of nitrogens with zero attached hydrogens (tertiary/aromatic N) is 2. The van der Waals surface area contributed by atoms with E-state index in [-0.39, 0.29) is 18.3 Å². The third-order valence-corrected chi connectivity index (χ3v) is 4.11. The maximum atomic E-state index is 13.4. The van der Waals surface area contributed by atoms with Gasteiger partial charge in [0.15, 0.2) is 0 Å². The molecule has 3 nitrogen and oxygen atoms in total. The molecule has 0 aliphatic rings. The van der Waals surface area contributed by atoms with Crippen molar-refractivity contribution in [1.82, 2.24) is 9.78 Å². The highest BCUT2D eigenvalue weighted by molar-refractivity contribution is 6.31. The summed E-state index contributed by atoms with van der Waals surface area (Å²) in [6.45, 7) is 4.67. The average Bonchev–Trinajstić information content (AvgIpc) is 2.80. The zero-order valence-electron chi connectivity index (χ0n) is 12.3. The Hall–Kier alpha value is -1.39. The number of aryl methyl sites for hydroxylation is 2. The van der Waals surface area contributed by atoms with Gasteiger partial charge in [0.2, 0.25) is 0 Å². The molecule has 0 amide bonds. The van der Waals surface area contributed by atoms with Crippen molar-refractivity contribution in [3.63, 3.8) is 0 Å². The van der Waals surface area contributed by atoms with Crippen LogP contribution in [0.25, 0.3) is 0 Å². The maximum absolute atomic E-state index is 13.4. The third-order valence-electron chi connectivity index (χ3n) is 3.67. The molecular weight excluding hydrogens is 291 g/mol. The first-order valence-corrected chi connectivity index (χ1v) is 7.58. The van der Waals surface area contributed by atoms with E-state index in [4.69, 9.17) is 11.6 Å². The van der Waals surface area contributed by atoms with Crippen molar-refractivity contribution in [2.24, 2.45) is 0 Å². The molecule has 0 aliphatic heterocycles. The van der Waals surface area contributed by atoms with Crippen LogP contribution in [0.1, 0.15) is 36.7 Å². The number of halogens is 2. The Bertz CT molecular complexity index is 612. The van der Waals surface area contributed by atoms with Gasteiger partial charge in [0.25, 0.3) is 0 Å². The molecule has 21 heavy (non-hydrogen) atoms. The summed E-state index contributed by atoms with van der Waals surface area (Å²) in [7, 11) is 0. The number of rotatable bonds is 6. The van der Waals surface area contributed by atoms with Gasteiger partial charge in [-0.25, -0.2) is 4.39 Å². The largest absolute Gasteiger partial charge is 0.396 e. The fraction of sp³-hybridized carbons (Fsp3) is 0.438. The van der Waals surface area contributed by atoms with E-state index >= 15 is 0 Å². The first kappa shape index (κ1) is 16.0. The monoisotopic (exact) mass is 310 g/mol. The van der Waals surface area contributed by atoms with E-state index in [9.17, 15) is 9.50 Å². The molecule has 0 saturated carbocycles.